The van der Waals surface area contributed by atoms with E-state index in [1.807, 2.05) is 29.8 Å². The molecule has 1 aromatic carbocycles. The molecule has 5 heteroatoms. The predicted octanol–water partition coefficient (Wildman–Crippen LogP) is 2.50. The van der Waals surface area contributed by atoms with Gasteiger partial charge < -0.3 is 10.6 Å². The molecule has 0 radical (unpaired) electrons. The van der Waals surface area contributed by atoms with Crippen molar-refractivity contribution in [1.82, 2.24) is 15.1 Å². The molecule has 1 atom stereocenters. The smallest absolute Gasteiger partial charge is 0.257 e. The van der Waals surface area contributed by atoms with Crippen LogP contribution >= 0.6 is 0 Å². The minimum Gasteiger partial charge on any atom is -0.361 e. The normalized spacial score (nSPS) is 19.6. The monoisotopic (exact) mass is 296 g/mol. The number of rotatable bonds is 4. The molecule has 1 unspecified atom stereocenters. The number of aromatic nitrogens is 2. The number of nitrogens with zero attached hydrogens (tertiary/aromatic N) is 2. The van der Waals surface area contributed by atoms with Crippen LogP contribution in [0.25, 0.3) is 0 Å². The van der Waals surface area contributed by atoms with Crippen molar-refractivity contribution in [3.8, 4) is 0 Å². The molecular formula is C17H20N4O. The van der Waals surface area contributed by atoms with E-state index < -0.39 is 0 Å². The molecule has 1 aliphatic heterocycles. The van der Waals surface area contributed by atoms with E-state index in [0.717, 1.165) is 42.9 Å². The van der Waals surface area contributed by atoms with Crippen molar-refractivity contribution in [2.24, 2.45) is 0 Å². The van der Waals surface area contributed by atoms with Crippen LogP contribution in [0.4, 0.5) is 5.82 Å². The van der Waals surface area contributed by atoms with E-state index in [0.29, 0.717) is 6.04 Å². The van der Waals surface area contributed by atoms with Crippen molar-refractivity contribution in [1.29, 1.82) is 0 Å². The van der Waals surface area contributed by atoms with Gasteiger partial charge in [-0.25, -0.2) is 4.68 Å². The summed E-state index contributed by atoms with van der Waals surface area (Å²) in [5.41, 5.74) is 2.83. The summed E-state index contributed by atoms with van der Waals surface area (Å²) in [5, 5.41) is 11.2. The molecule has 2 aromatic rings. The molecule has 5 nitrogen and oxygen atoms in total. The van der Waals surface area contributed by atoms with Crippen LogP contribution in [0, 0.1) is 0 Å². The molecule has 22 heavy (non-hydrogen) atoms. The van der Waals surface area contributed by atoms with Gasteiger partial charge in [-0.15, -0.1) is 0 Å². The van der Waals surface area contributed by atoms with Crippen molar-refractivity contribution in [2.45, 2.75) is 44.8 Å². The zero-order chi connectivity index (χ0) is 15.1. The van der Waals surface area contributed by atoms with Crippen LogP contribution in [0.5, 0.6) is 0 Å². The van der Waals surface area contributed by atoms with E-state index in [-0.39, 0.29) is 11.9 Å². The Morgan fingerprint density at radius 2 is 2.14 bits per heavy atom. The summed E-state index contributed by atoms with van der Waals surface area (Å²) in [6.45, 7) is 2.81. The van der Waals surface area contributed by atoms with Gasteiger partial charge in [-0.1, -0.05) is 37.3 Å². The van der Waals surface area contributed by atoms with Gasteiger partial charge in [0.2, 0.25) is 0 Å². The molecule has 114 valence electrons. The van der Waals surface area contributed by atoms with Gasteiger partial charge in [-0.2, -0.15) is 5.10 Å². The van der Waals surface area contributed by atoms with Crippen LogP contribution < -0.4 is 10.6 Å². The van der Waals surface area contributed by atoms with Crippen LogP contribution in [-0.4, -0.2) is 21.7 Å². The van der Waals surface area contributed by atoms with Crippen molar-refractivity contribution < 1.29 is 4.79 Å². The summed E-state index contributed by atoms with van der Waals surface area (Å²) < 4.78 is 1.94. The first kappa shape index (κ1) is 13.4. The number of hydrogen-bond donors (Lipinski definition) is 2. The summed E-state index contributed by atoms with van der Waals surface area (Å²) in [4.78, 5) is 12.5. The van der Waals surface area contributed by atoms with Crippen LogP contribution in [0.2, 0.25) is 0 Å². The molecule has 2 N–H and O–H groups in total. The van der Waals surface area contributed by atoms with E-state index in [9.17, 15) is 4.79 Å². The number of fused-ring (bicyclic) bond motifs is 1. The number of hydrogen-bond acceptors (Lipinski definition) is 3. The van der Waals surface area contributed by atoms with E-state index in [1.54, 1.807) is 0 Å². The van der Waals surface area contributed by atoms with Gasteiger partial charge in [0, 0.05) is 6.04 Å². The van der Waals surface area contributed by atoms with Crippen molar-refractivity contribution in [3.63, 3.8) is 0 Å². The average molecular weight is 296 g/mol. The Balaban J connectivity index is 1.63. The standard InChI is InChI=1S/C17H20N4O/c1-2-13-15(17(22)18-12-8-9-12)16-19-14(10-21(16)20-13)11-6-4-3-5-7-11/h3-7,12,14,19H,2,8-10H2,1H3,(H,18,22). The lowest BCUT2D eigenvalue weighted by Gasteiger charge is -2.12. The Labute approximate surface area is 129 Å². The summed E-state index contributed by atoms with van der Waals surface area (Å²) in [6, 6.07) is 10.8. The minimum absolute atomic E-state index is 0.0156. The molecule has 2 heterocycles. The largest absolute Gasteiger partial charge is 0.361 e. The van der Waals surface area contributed by atoms with Gasteiger partial charge in [0.1, 0.15) is 11.4 Å². The van der Waals surface area contributed by atoms with Gasteiger partial charge in [0.15, 0.2) is 0 Å². The molecule has 1 amide bonds. The Bertz CT molecular complexity index is 703. The van der Waals surface area contributed by atoms with Gasteiger partial charge in [-0.3, -0.25) is 4.79 Å². The second-order valence-electron chi connectivity index (χ2n) is 6.06. The molecule has 0 saturated heterocycles. The second kappa shape index (κ2) is 5.16. The molecule has 0 bridgehead atoms. The van der Waals surface area contributed by atoms with Crippen molar-refractivity contribution in [3.05, 3.63) is 47.2 Å². The number of anilines is 1. The highest BCUT2D eigenvalue weighted by Crippen LogP contribution is 2.33. The quantitative estimate of drug-likeness (QED) is 0.911. The lowest BCUT2D eigenvalue weighted by molar-refractivity contribution is 0.0951. The Morgan fingerprint density at radius 1 is 1.36 bits per heavy atom. The average Bonchev–Trinajstić information content (AvgIpc) is 3.14. The molecule has 1 aromatic heterocycles. The topological polar surface area (TPSA) is 59.0 Å². The maximum absolute atomic E-state index is 12.5. The zero-order valence-electron chi connectivity index (χ0n) is 12.7. The molecule has 1 fully saturated rings. The van der Waals surface area contributed by atoms with E-state index in [2.05, 4.69) is 27.9 Å². The molecule has 0 spiro atoms. The first-order valence-corrected chi connectivity index (χ1v) is 7.98. The van der Waals surface area contributed by atoms with E-state index >= 15 is 0 Å². The maximum Gasteiger partial charge on any atom is 0.257 e. The third-order valence-electron chi connectivity index (χ3n) is 4.37. The van der Waals surface area contributed by atoms with Crippen LogP contribution in [0.1, 0.15) is 47.4 Å². The lowest BCUT2D eigenvalue weighted by atomic mass is 10.1. The first-order chi connectivity index (χ1) is 10.8. The predicted molar refractivity (Wildman–Crippen MR) is 84.9 cm³/mol. The highest BCUT2D eigenvalue weighted by atomic mass is 16.1. The van der Waals surface area contributed by atoms with Crippen LogP contribution in [0.3, 0.4) is 0 Å². The van der Waals surface area contributed by atoms with Crippen LogP contribution in [0.15, 0.2) is 30.3 Å². The van der Waals surface area contributed by atoms with Crippen molar-refractivity contribution >= 4 is 11.7 Å². The SMILES string of the molecule is CCc1nn2c(c1C(=O)NC1CC1)NC(c1ccccc1)C2. The van der Waals surface area contributed by atoms with E-state index in [1.165, 1.54) is 5.56 Å². The number of amides is 1. The summed E-state index contributed by atoms with van der Waals surface area (Å²) in [6.07, 6.45) is 2.96. The number of benzene rings is 1. The fourth-order valence-electron chi connectivity index (χ4n) is 3.02. The van der Waals surface area contributed by atoms with Crippen LogP contribution in [-0.2, 0) is 13.0 Å². The highest BCUT2D eigenvalue weighted by molar-refractivity contribution is 6.00. The van der Waals surface area contributed by atoms with Gasteiger partial charge in [0.25, 0.3) is 5.91 Å². The fourth-order valence-corrected chi connectivity index (χ4v) is 3.02. The Hall–Kier alpha value is -2.30. The second-order valence-corrected chi connectivity index (χ2v) is 6.06. The zero-order valence-corrected chi connectivity index (χ0v) is 12.7. The molecule has 1 aliphatic carbocycles. The number of nitrogens with one attached hydrogen (secondary N) is 2. The van der Waals surface area contributed by atoms with E-state index in [4.69, 9.17) is 0 Å². The van der Waals surface area contributed by atoms with Gasteiger partial charge in [-0.05, 0) is 24.8 Å². The fraction of sp³-hybridized carbons (Fsp3) is 0.412. The first-order valence-electron chi connectivity index (χ1n) is 7.98. The Morgan fingerprint density at radius 3 is 2.82 bits per heavy atom. The van der Waals surface area contributed by atoms with Crippen molar-refractivity contribution in [2.75, 3.05) is 5.32 Å². The molecule has 4 rings (SSSR count). The number of carbonyl (C=O) groups excluding carboxylic acids is 1. The van der Waals surface area contributed by atoms with Gasteiger partial charge in [0.05, 0.1) is 18.3 Å². The highest BCUT2D eigenvalue weighted by Gasteiger charge is 2.33. The molecule has 1 saturated carbocycles. The molecule has 2 aliphatic rings. The third kappa shape index (κ3) is 2.26. The summed E-state index contributed by atoms with van der Waals surface area (Å²) in [7, 11) is 0. The Kier molecular flexibility index (Phi) is 3.13. The third-order valence-corrected chi connectivity index (χ3v) is 4.37. The summed E-state index contributed by atoms with van der Waals surface area (Å²) >= 11 is 0. The summed E-state index contributed by atoms with van der Waals surface area (Å²) in [5.74, 6) is 0.880. The minimum atomic E-state index is 0.0156. The van der Waals surface area contributed by atoms with Gasteiger partial charge >= 0.3 is 0 Å². The number of aryl methyl sites for hydroxylation is 1. The number of carbonyl (C=O) groups is 1. The molecular weight excluding hydrogens is 276 g/mol. The lowest BCUT2D eigenvalue weighted by Crippen LogP contribution is -2.26. The maximum atomic E-state index is 12.5.